The lowest BCUT2D eigenvalue weighted by atomic mass is 10.2. The molecule has 0 spiro atoms. The maximum Gasteiger partial charge on any atom is 0.416 e. The summed E-state index contributed by atoms with van der Waals surface area (Å²) in [6, 6.07) is 4.71. The molecule has 1 aromatic heterocycles. The van der Waals surface area contributed by atoms with Crippen molar-refractivity contribution in [2.45, 2.75) is 11.7 Å². The molecule has 0 amide bonds. The summed E-state index contributed by atoms with van der Waals surface area (Å²) < 4.78 is 38.0. The minimum Gasteiger partial charge on any atom is -0.330 e. The molecular formula is C13H4Cl3F3N6. The number of alkyl halides is 4. The Hall–Kier alpha value is -2.33. The fourth-order valence-electron chi connectivity index (χ4n) is 1.65. The molecule has 0 bridgehead atoms. The molecule has 25 heavy (non-hydrogen) atoms. The van der Waals surface area contributed by atoms with Crippen molar-refractivity contribution in [3.05, 3.63) is 45.0 Å². The summed E-state index contributed by atoms with van der Waals surface area (Å²) in [5.74, 6) is -0.0438. The van der Waals surface area contributed by atoms with Crippen LogP contribution in [0.4, 0.5) is 18.9 Å². The second kappa shape index (κ2) is 7.28. The number of nitriles is 2. The molecule has 1 unspecified atom stereocenters. The Labute approximate surface area is 153 Å². The molecule has 1 aromatic carbocycles. The number of nitrogens with one attached hydrogen (secondary N) is 1. The Balaban J connectivity index is 2.32. The van der Waals surface area contributed by atoms with Crippen LogP contribution in [0, 0.1) is 22.7 Å². The number of hydrogen-bond acceptors (Lipinski definition) is 5. The number of halogens is 6. The number of imidazole rings is 1. The summed E-state index contributed by atoms with van der Waals surface area (Å²) in [6.07, 6.45) is -4.62. The number of rotatable bonds is 3. The Morgan fingerprint density at radius 2 is 1.76 bits per heavy atom. The molecular weight excluding hydrogens is 404 g/mol. The van der Waals surface area contributed by atoms with Crippen molar-refractivity contribution in [1.29, 1.82) is 10.5 Å². The quantitative estimate of drug-likeness (QED) is 0.413. The van der Waals surface area contributed by atoms with E-state index in [0.717, 1.165) is 0 Å². The van der Waals surface area contributed by atoms with E-state index in [1.165, 1.54) is 0 Å². The van der Waals surface area contributed by atoms with Gasteiger partial charge < -0.3 is 4.98 Å². The van der Waals surface area contributed by atoms with Crippen molar-refractivity contribution in [2.75, 3.05) is 0 Å². The first-order valence-corrected chi connectivity index (χ1v) is 7.38. The maximum atomic E-state index is 12.7. The van der Waals surface area contributed by atoms with Gasteiger partial charge >= 0.3 is 6.18 Å². The highest BCUT2D eigenvalue weighted by Crippen LogP contribution is 2.40. The number of azo groups is 1. The summed E-state index contributed by atoms with van der Waals surface area (Å²) in [4.78, 5) is 6.24. The fourth-order valence-corrected chi connectivity index (χ4v) is 2.36. The van der Waals surface area contributed by atoms with Crippen molar-refractivity contribution in [1.82, 2.24) is 9.97 Å². The Bertz CT molecular complexity index is 868. The van der Waals surface area contributed by atoms with Gasteiger partial charge in [0.2, 0.25) is 5.50 Å². The average Bonchev–Trinajstić information content (AvgIpc) is 2.96. The molecule has 0 saturated heterocycles. The summed E-state index contributed by atoms with van der Waals surface area (Å²) in [6.45, 7) is 0. The van der Waals surface area contributed by atoms with Gasteiger partial charge in [0, 0.05) is 0 Å². The molecule has 0 aliphatic rings. The van der Waals surface area contributed by atoms with E-state index in [2.05, 4.69) is 20.2 Å². The number of aromatic nitrogens is 2. The minimum absolute atomic E-state index is 0.0438. The molecule has 2 aromatic rings. The number of H-pyrrole nitrogens is 1. The van der Waals surface area contributed by atoms with Crippen LogP contribution < -0.4 is 0 Å². The predicted octanol–water partition coefficient (Wildman–Crippen LogP) is 5.50. The maximum absolute atomic E-state index is 12.7. The largest absolute Gasteiger partial charge is 0.416 e. The van der Waals surface area contributed by atoms with Crippen LogP contribution in [-0.2, 0) is 6.18 Å². The average molecular weight is 408 g/mol. The fraction of sp³-hybridized carbons (Fsp3) is 0.154. The summed E-state index contributed by atoms with van der Waals surface area (Å²) in [5.41, 5.74) is -2.78. The van der Waals surface area contributed by atoms with E-state index in [-0.39, 0.29) is 32.9 Å². The molecule has 0 radical (unpaired) electrons. The lowest BCUT2D eigenvalue weighted by Crippen LogP contribution is -2.04. The van der Waals surface area contributed by atoms with Crippen molar-refractivity contribution >= 4 is 40.5 Å². The van der Waals surface area contributed by atoms with E-state index < -0.39 is 17.2 Å². The molecule has 1 heterocycles. The highest BCUT2D eigenvalue weighted by atomic mass is 35.5. The Morgan fingerprint density at radius 3 is 2.20 bits per heavy atom. The summed E-state index contributed by atoms with van der Waals surface area (Å²) in [5, 5.41) is 24.1. The lowest BCUT2D eigenvalue weighted by Gasteiger charge is -2.09. The third-order valence-corrected chi connectivity index (χ3v) is 3.64. The monoisotopic (exact) mass is 406 g/mol. The van der Waals surface area contributed by atoms with Gasteiger partial charge in [-0.05, 0) is 12.1 Å². The van der Waals surface area contributed by atoms with Crippen LogP contribution >= 0.6 is 34.8 Å². The number of nitrogens with zero attached hydrogens (tertiary/aromatic N) is 5. The van der Waals surface area contributed by atoms with Gasteiger partial charge in [-0.3, -0.25) is 0 Å². The van der Waals surface area contributed by atoms with Gasteiger partial charge in [-0.1, -0.05) is 34.8 Å². The number of aromatic amines is 1. The van der Waals surface area contributed by atoms with Crippen molar-refractivity contribution in [3.8, 4) is 12.1 Å². The highest BCUT2D eigenvalue weighted by molar-refractivity contribution is 6.38. The second-order valence-corrected chi connectivity index (χ2v) is 5.63. The third kappa shape index (κ3) is 4.20. The zero-order valence-corrected chi connectivity index (χ0v) is 14.0. The standard InChI is InChI=1S/C13H4Cl3F3N6/c14-6-1-5(13(17,18)19)2-7(15)10(6)24-25-11(16)12-22-8(3-20)9(4-21)23-12/h1-2,11H,(H,22,23). The molecule has 12 heteroatoms. The lowest BCUT2D eigenvalue weighted by molar-refractivity contribution is -0.137. The van der Waals surface area contributed by atoms with Gasteiger partial charge in [0.15, 0.2) is 17.2 Å². The van der Waals surface area contributed by atoms with Crippen LogP contribution in [0.25, 0.3) is 0 Å². The van der Waals surface area contributed by atoms with Gasteiger partial charge in [0.05, 0.1) is 15.6 Å². The molecule has 1 atom stereocenters. The summed E-state index contributed by atoms with van der Waals surface area (Å²) >= 11 is 17.4. The number of benzene rings is 1. The molecule has 0 saturated carbocycles. The molecule has 2 rings (SSSR count). The highest BCUT2D eigenvalue weighted by Gasteiger charge is 2.32. The zero-order chi connectivity index (χ0) is 18.8. The first-order valence-electron chi connectivity index (χ1n) is 6.18. The van der Waals surface area contributed by atoms with E-state index in [1.54, 1.807) is 12.1 Å². The summed E-state index contributed by atoms with van der Waals surface area (Å²) in [7, 11) is 0. The molecule has 1 N–H and O–H groups in total. The first-order chi connectivity index (χ1) is 11.7. The van der Waals surface area contributed by atoms with Gasteiger partial charge in [-0.15, -0.1) is 0 Å². The van der Waals surface area contributed by atoms with Gasteiger partial charge in [0.1, 0.15) is 17.8 Å². The van der Waals surface area contributed by atoms with Gasteiger partial charge in [0.25, 0.3) is 0 Å². The van der Waals surface area contributed by atoms with Gasteiger partial charge in [-0.25, -0.2) is 4.98 Å². The van der Waals surface area contributed by atoms with E-state index in [1.807, 2.05) is 0 Å². The van der Waals surface area contributed by atoms with Crippen molar-refractivity contribution in [3.63, 3.8) is 0 Å². The number of hydrogen-bond donors (Lipinski definition) is 1. The second-order valence-electron chi connectivity index (χ2n) is 4.41. The topological polar surface area (TPSA) is 101 Å². The Kier molecular flexibility index (Phi) is 5.53. The van der Waals surface area contributed by atoms with Gasteiger partial charge in [-0.2, -0.15) is 33.9 Å². The normalized spacial score (nSPS) is 12.8. The molecule has 0 aliphatic heterocycles. The van der Waals surface area contributed by atoms with Crippen LogP contribution in [0.15, 0.2) is 22.4 Å². The molecule has 128 valence electrons. The van der Waals surface area contributed by atoms with Crippen LogP contribution in [-0.4, -0.2) is 9.97 Å². The zero-order valence-electron chi connectivity index (χ0n) is 11.7. The van der Waals surface area contributed by atoms with Crippen LogP contribution in [0.2, 0.25) is 10.0 Å². The van der Waals surface area contributed by atoms with Crippen LogP contribution in [0.3, 0.4) is 0 Å². The van der Waals surface area contributed by atoms with Crippen molar-refractivity contribution in [2.24, 2.45) is 10.2 Å². The Morgan fingerprint density at radius 1 is 1.16 bits per heavy atom. The van der Waals surface area contributed by atoms with E-state index in [4.69, 9.17) is 45.3 Å². The molecule has 0 aliphatic carbocycles. The van der Waals surface area contributed by atoms with Crippen LogP contribution in [0.5, 0.6) is 0 Å². The smallest absolute Gasteiger partial charge is 0.330 e. The third-order valence-electron chi connectivity index (χ3n) is 2.77. The molecule has 0 fully saturated rings. The molecule has 6 nitrogen and oxygen atoms in total. The van der Waals surface area contributed by atoms with E-state index in [0.29, 0.717) is 12.1 Å². The first kappa shape index (κ1) is 19.0. The van der Waals surface area contributed by atoms with Crippen LogP contribution in [0.1, 0.15) is 28.3 Å². The predicted molar refractivity (Wildman–Crippen MR) is 82.6 cm³/mol. The minimum atomic E-state index is -4.62. The van der Waals surface area contributed by atoms with E-state index >= 15 is 0 Å². The SMILES string of the molecule is N#Cc1nc(C(Cl)N=Nc2c(Cl)cc(C(F)(F)F)cc2Cl)[nH]c1C#N. The van der Waals surface area contributed by atoms with E-state index in [9.17, 15) is 13.2 Å². The van der Waals surface area contributed by atoms with Crippen molar-refractivity contribution < 1.29 is 13.2 Å².